The van der Waals surface area contributed by atoms with E-state index < -0.39 is 19.5 Å². The Labute approximate surface area is 101 Å². The molecule has 4 heteroatoms. The Morgan fingerprint density at radius 3 is 1.62 bits per heavy atom. The molecule has 3 nitrogen and oxygen atoms in total. The van der Waals surface area contributed by atoms with E-state index in [2.05, 4.69) is 8.29 Å². The van der Waals surface area contributed by atoms with Crippen molar-refractivity contribution in [2.24, 2.45) is 5.22 Å². The molecule has 2 rings (SSSR count). The molecule has 2 aromatic carbocycles. The summed E-state index contributed by atoms with van der Waals surface area (Å²) in [6.07, 6.45) is 0. The minimum absolute atomic E-state index is 1.16. The van der Waals surface area contributed by atoms with Gasteiger partial charge in [0, 0.05) is 17.9 Å². The molecule has 0 heterocycles. The maximum absolute atomic E-state index is 8.66. The van der Waals surface area contributed by atoms with Crippen LogP contribution in [-0.4, -0.2) is 0 Å². The molecule has 0 spiro atoms. The van der Waals surface area contributed by atoms with Crippen molar-refractivity contribution in [3.05, 3.63) is 76.4 Å². The summed E-state index contributed by atoms with van der Waals surface area (Å²) >= 11 is -1.93. The topological polar surface area (TPSA) is 39.0 Å². The van der Waals surface area contributed by atoms with E-state index in [0.29, 0.717) is 0 Å². The van der Waals surface area contributed by atoms with Crippen LogP contribution in [0, 0.1) is 7.14 Å². The van der Waals surface area contributed by atoms with Gasteiger partial charge in [-0.2, -0.15) is 0 Å². The lowest BCUT2D eigenvalue weighted by molar-refractivity contribution is 1.57. The molecule has 0 saturated heterocycles. The van der Waals surface area contributed by atoms with Gasteiger partial charge in [0.2, 0.25) is 0 Å². The molecule has 0 aromatic heterocycles. The predicted molar refractivity (Wildman–Crippen MR) is 73.4 cm³/mol. The number of nitrogens with zero attached hydrogens (tertiary/aromatic N) is 3. The molecule has 0 fully saturated rings. The van der Waals surface area contributed by atoms with E-state index in [1.807, 2.05) is 60.7 Å². The van der Waals surface area contributed by atoms with Gasteiger partial charge in [0.1, 0.15) is 0 Å². The van der Waals surface area contributed by atoms with Gasteiger partial charge in [-0.05, 0) is 24.3 Å². The van der Waals surface area contributed by atoms with E-state index in [1.165, 1.54) is 0 Å². The van der Waals surface area contributed by atoms with E-state index in [-0.39, 0.29) is 0 Å². The summed E-state index contributed by atoms with van der Waals surface area (Å²) in [7, 11) is 0. The lowest BCUT2D eigenvalue weighted by atomic mass is 10.4. The average molecular weight is 323 g/mol. The SMILES string of the molecule is [N-]=N[N+]#I(c1ccccc1)c1ccccc1. The Kier molecular flexibility index (Phi) is 3.80. The van der Waals surface area contributed by atoms with Crippen LogP contribution in [0.15, 0.2) is 65.9 Å². The van der Waals surface area contributed by atoms with Crippen molar-refractivity contribution in [3.8, 4) is 0 Å². The average Bonchev–Trinajstić information content (AvgIpc) is 2.38. The summed E-state index contributed by atoms with van der Waals surface area (Å²) in [5, 5.41) is 2.98. The van der Waals surface area contributed by atoms with Gasteiger partial charge in [0.15, 0.2) is 0 Å². The summed E-state index contributed by atoms with van der Waals surface area (Å²) < 4.78 is 6.33. The van der Waals surface area contributed by atoms with Crippen LogP contribution in [0.25, 0.3) is 8.60 Å². The van der Waals surface area contributed by atoms with Crippen molar-refractivity contribution >= 4 is 19.5 Å². The third-order valence-electron chi connectivity index (χ3n) is 1.99. The lowest BCUT2D eigenvalue weighted by Crippen LogP contribution is -1.77. The fourth-order valence-electron chi connectivity index (χ4n) is 1.32. The second-order valence-electron chi connectivity index (χ2n) is 3.02. The maximum atomic E-state index is 8.66. The van der Waals surface area contributed by atoms with Crippen LogP contribution in [0.3, 0.4) is 0 Å². The summed E-state index contributed by atoms with van der Waals surface area (Å²) in [4.78, 5) is 0. The van der Waals surface area contributed by atoms with Crippen LogP contribution in [0.4, 0.5) is 0 Å². The maximum Gasteiger partial charge on any atom is 0.0798 e. The fraction of sp³-hybridized carbons (Fsp3) is 0. The van der Waals surface area contributed by atoms with Gasteiger partial charge in [-0.3, -0.25) is 3.07 Å². The number of halogens is 1. The molecular formula is C12H10IN3. The van der Waals surface area contributed by atoms with Gasteiger partial charge in [0.05, 0.1) is 19.5 Å². The molecule has 0 aliphatic heterocycles. The van der Waals surface area contributed by atoms with Crippen LogP contribution in [0.2, 0.25) is 0 Å². The van der Waals surface area contributed by atoms with Crippen molar-refractivity contribution < 1.29 is 0 Å². The van der Waals surface area contributed by atoms with Gasteiger partial charge < -0.3 is 0 Å². The second kappa shape index (κ2) is 5.53. The quantitative estimate of drug-likeness (QED) is 0.390. The van der Waals surface area contributed by atoms with Crippen molar-refractivity contribution in [1.82, 2.24) is 0 Å². The standard InChI is InChI=1S/C12H10IN3/c14-16-15-13(11-7-3-1-4-8-11)12-9-5-2-6-10-12/h1-10H. The van der Waals surface area contributed by atoms with E-state index in [0.717, 1.165) is 7.14 Å². The first-order valence-electron chi connectivity index (χ1n) is 4.77. The summed E-state index contributed by atoms with van der Waals surface area (Å²) in [6.45, 7) is 0. The molecule has 16 heavy (non-hydrogen) atoms. The highest BCUT2D eigenvalue weighted by Crippen LogP contribution is 2.36. The molecular weight excluding hydrogens is 313 g/mol. The summed E-state index contributed by atoms with van der Waals surface area (Å²) in [5.41, 5.74) is 8.66. The Balaban J connectivity index is 2.53. The summed E-state index contributed by atoms with van der Waals surface area (Å²) in [6, 6.07) is 20.0. The number of hydrogen-bond donors (Lipinski definition) is 0. The minimum atomic E-state index is -1.93. The van der Waals surface area contributed by atoms with Gasteiger partial charge in [-0.25, -0.2) is 0 Å². The Morgan fingerprint density at radius 2 is 1.25 bits per heavy atom. The second-order valence-corrected chi connectivity index (χ2v) is 7.45. The number of rotatable bonds is 0. The zero-order chi connectivity index (χ0) is 11.2. The lowest BCUT2D eigenvalue weighted by Gasteiger charge is -2.01. The third-order valence-corrected chi connectivity index (χ3v) is 6.41. The third kappa shape index (κ3) is 2.53. The van der Waals surface area contributed by atoms with Crippen LogP contribution in [-0.2, 0) is 0 Å². The molecule has 0 aliphatic carbocycles. The molecule has 0 bridgehead atoms. The van der Waals surface area contributed by atoms with Crippen molar-refractivity contribution in [1.29, 1.82) is 0 Å². The molecule has 0 unspecified atom stereocenters. The number of hydrogen-bond acceptors (Lipinski definition) is 1. The van der Waals surface area contributed by atoms with Crippen LogP contribution in [0.5, 0.6) is 0 Å². The molecule has 80 valence electrons. The highest BCUT2D eigenvalue weighted by molar-refractivity contribution is 14.2. The number of benzene rings is 2. The monoisotopic (exact) mass is 323 g/mol. The van der Waals surface area contributed by atoms with Gasteiger partial charge in [0.25, 0.3) is 0 Å². The van der Waals surface area contributed by atoms with E-state index in [4.69, 9.17) is 5.53 Å². The minimum Gasteiger partial charge on any atom is -0.264 e. The molecule has 0 aliphatic rings. The Bertz CT molecular complexity index is 509. The first-order valence-corrected chi connectivity index (χ1v) is 7.89. The van der Waals surface area contributed by atoms with E-state index in [1.54, 1.807) is 0 Å². The van der Waals surface area contributed by atoms with E-state index >= 15 is 0 Å². The van der Waals surface area contributed by atoms with E-state index in [9.17, 15) is 0 Å². The zero-order valence-electron chi connectivity index (χ0n) is 8.49. The molecule has 2 aromatic rings. The highest BCUT2D eigenvalue weighted by Gasteiger charge is 2.02. The summed E-state index contributed by atoms with van der Waals surface area (Å²) in [5.74, 6) is 0. The largest absolute Gasteiger partial charge is 0.264 e. The Hall–Kier alpha value is -1.52. The van der Waals surface area contributed by atoms with Crippen molar-refractivity contribution in [3.63, 3.8) is 0 Å². The van der Waals surface area contributed by atoms with Crippen molar-refractivity contribution in [2.75, 3.05) is 0 Å². The van der Waals surface area contributed by atoms with Gasteiger partial charge in [-0.15, -0.1) is 0 Å². The smallest absolute Gasteiger partial charge is 0.0798 e. The first-order chi connectivity index (χ1) is 7.92. The first kappa shape index (κ1) is 11.0. The molecule has 0 N–H and O–H groups in total. The van der Waals surface area contributed by atoms with Crippen LogP contribution in [0.1, 0.15) is 0 Å². The Morgan fingerprint density at radius 1 is 0.812 bits per heavy atom. The fourth-order valence-corrected chi connectivity index (χ4v) is 4.92. The van der Waals surface area contributed by atoms with Crippen LogP contribution < -0.4 is 0 Å². The zero-order valence-corrected chi connectivity index (χ0v) is 10.7. The normalized spacial score (nSPS) is 9.81. The molecule has 0 radical (unpaired) electrons. The molecule has 0 atom stereocenters. The van der Waals surface area contributed by atoms with Gasteiger partial charge in [-0.1, -0.05) is 36.4 Å². The van der Waals surface area contributed by atoms with Crippen molar-refractivity contribution in [2.45, 2.75) is 0 Å². The molecule has 0 saturated carbocycles. The van der Waals surface area contributed by atoms with Crippen LogP contribution >= 0.6 is 19.5 Å². The predicted octanol–water partition coefficient (Wildman–Crippen LogP) is 4.46. The highest BCUT2D eigenvalue weighted by atomic mass is 127. The van der Waals surface area contributed by atoms with Gasteiger partial charge >= 0.3 is 0 Å². The molecule has 0 amide bonds.